The first kappa shape index (κ1) is 22.1. The van der Waals surface area contributed by atoms with Crippen molar-refractivity contribution in [3.63, 3.8) is 0 Å². The van der Waals surface area contributed by atoms with Crippen LogP contribution in [0, 0.1) is 5.82 Å². The van der Waals surface area contributed by atoms with E-state index in [1.165, 1.54) is 55.5 Å². The van der Waals surface area contributed by atoms with Crippen LogP contribution in [0.5, 0.6) is 11.5 Å². The highest BCUT2D eigenvalue weighted by atomic mass is 35.5. The Morgan fingerprint density at radius 1 is 1.06 bits per heavy atom. The van der Waals surface area contributed by atoms with E-state index in [1.807, 2.05) is 0 Å². The Hall–Kier alpha value is -3.06. The highest BCUT2D eigenvalue weighted by Crippen LogP contribution is 2.45. The zero-order valence-electron chi connectivity index (χ0n) is 17.7. The summed E-state index contributed by atoms with van der Waals surface area (Å²) in [5, 5.41) is 11.6. The van der Waals surface area contributed by atoms with Gasteiger partial charge in [-0.2, -0.15) is 0 Å². The van der Waals surface area contributed by atoms with Crippen molar-refractivity contribution < 1.29 is 28.6 Å². The van der Waals surface area contributed by atoms with Crippen molar-refractivity contribution in [3.05, 3.63) is 63.9 Å². The van der Waals surface area contributed by atoms with Crippen molar-refractivity contribution in [1.29, 1.82) is 0 Å². The lowest BCUT2D eigenvalue weighted by molar-refractivity contribution is -0.141. The van der Waals surface area contributed by atoms with E-state index in [9.17, 15) is 19.1 Å². The fraction of sp³-hybridized carbons (Fsp3) is 0.333. The lowest BCUT2D eigenvalue weighted by Crippen LogP contribution is -2.37. The van der Waals surface area contributed by atoms with E-state index in [0.29, 0.717) is 5.56 Å². The molecule has 0 bridgehead atoms. The normalized spacial score (nSPS) is 20.8. The number of ether oxygens (including phenoxy) is 2. The molecule has 2 fully saturated rings. The van der Waals surface area contributed by atoms with Gasteiger partial charge in [0.15, 0.2) is 0 Å². The monoisotopic (exact) mass is 459 g/mol. The molecule has 1 aliphatic carbocycles. The topological polar surface area (TPSA) is 76.1 Å². The average molecular weight is 460 g/mol. The quantitative estimate of drug-likeness (QED) is 0.392. The molecular weight excluding hydrogens is 437 g/mol. The molecule has 1 unspecified atom stereocenters. The molecule has 32 heavy (non-hydrogen) atoms. The predicted octanol–water partition coefficient (Wildman–Crippen LogP) is 4.86. The molecular formula is C24H23ClFNO5. The minimum atomic E-state index is -0.843. The van der Waals surface area contributed by atoms with Crippen LogP contribution in [0.25, 0.3) is 5.76 Å². The summed E-state index contributed by atoms with van der Waals surface area (Å²) in [4.78, 5) is 27.8. The number of carbonyl (C=O) groups is 2. The average Bonchev–Trinajstić information content (AvgIpc) is 3.40. The highest BCUT2D eigenvalue weighted by molar-refractivity contribution is 6.46. The number of amides is 1. The zero-order valence-corrected chi connectivity index (χ0v) is 18.5. The summed E-state index contributed by atoms with van der Waals surface area (Å²) in [5.74, 6) is -1.80. The van der Waals surface area contributed by atoms with Crippen LogP contribution < -0.4 is 9.47 Å². The van der Waals surface area contributed by atoms with Gasteiger partial charge in [-0.1, -0.05) is 36.6 Å². The SMILES string of the molecule is COc1cc(/C(O)=C2\C(=O)C(=O)N(C3CCCC3)C2c2ccc(F)cc2)c(OC)cc1Cl. The first-order valence-electron chi connectivity index (χ1n) is 10.3. The number of nitrogens with zero attached hydrogens (tertiary/aromatic N) is 1. The maximum absolute atomic E-state index is 13.6. The number of halogens is 2. The number of likely N-dealkylation sites (tertiary alicyclic amines) is 1. The van der Waals surface area contributed by atoms with Crippen LogP contribution in [0.4, 0.5) is 4.39 Å². The molecule has 0 spiro atoms. The van der Waals surface area contributed by atoms with Gasteiger partial charge < -0.3 is 19.5 Å². The summed E-state index contributed by atoms with van der Waals surface area (Å²) in [5.41, 5.74) is 0.639. The van der Waals surface area contributed by atoms with E-state index in [1.54, 1.807) is 0 Å². The summed E-state index contributed by atoms with van der Waals surface area (Å²) in [6.07, 6.45) is 3.43. The maximum atomic E-state index is 13.6. The molecule has 1 N–H and O–H groups in total. The largest absolute Gasteiger partial charge is 0.507 e. The minimum Gasteiger partial charge on any atom is -0.507 e. The van der Waals surface area contributed by atoms with Crippen LogP contribution in [-0.2, 0) is 9.59 Å². The highest BCUT2D eigenvalue weighted by Gasteiger charge is 2.49. The molecule has 8 heteroatoms. The fourth-order valence-corrected chi connectivity index (χ4v) is 4.80. The second-order valence-corrected chi connectivity index (χ2v) is 8.29. The lowest BCUT2D eigenvalue weighted by Gasteiger charge is -2.30. The number of benzene rings is 2. The molecule has 1 atom stereocenters. The molecule has 0 radical (unpaired) electrons. The van der Waals surface area contributed by atoms with Crippen molar-refractivity contribution in [2.24, 2.45) is 0 Å². The van der Waals surface area contributed by atoms with Crippen molar-refractivity contribution in [2.75, 3.05) is 14.2 Å². The first-order chi connectivity index (χ1) is 15.4. The van der Waals surface area contributed by atoms with Crippen LogP contribution in [0.1, 0.15) is 42.9 Å². The van der Waals surface area contributed by atoms with E-state index in [2.05, 4.69) is 0 Å². The van der Waals surface area contributed by atoms with E-state index in [0.717, 1.165) is 25.7 Å². The molecule has 6 nitrogen and oxygen atoms in total. The summed E-state index contributed by atoms with van der Waals surface area (Å²) >= 11 is 6.18. The van der Waals surface area contributed by atoms with E-state index < -0.39 is 29.3 Å². The summed E-state index contributed by atoms with van der Waals surface area (Å²) in [6.45, 7) is 0. The Morgan fingerprint density at radius 3 is 2.28 bits per heavy atom. The Kier molecular flexibility index (Phi) is 6.11. The Balaban J connectivity index is 1.94. The minimum absolute atomic E-state index is 0.0730. The molecule has 4 rings (SSSR count). The third-order valence-corrected chi connectivity index (χ3v) is 6.41. The van der Waals surface area contributed by atoms with Gasteiger partial charge in [0.2, 0.25) is 0 Å². The second kappa shape index (κ2) is 8.82. The predicted molar refractivity (Wildman–Crippen MR) is 117 cm³/mol. The molecule has 1 saturated heterocycles. The summed E-state index contributed by atoms with van der Waals surface area (Å²) < 4.78 is 24.2. The number of Topliss-reactive ketones (excluding diaryl/α,β-unsaturated/α-hetero) is 1. The molecule has 1 heterocycles. The number of carbonyl (C=O) groups excluding carboxylic acids is 2. The van der Waals surface area contributed by atoms with Crippen molar-refractivity contribution in [2.45, 2.75) is 37.8 Å². The van der Waals surface area contributed by atoms with Crippen molar-refractivity contribution in [3.8, 4) is 11.5 Å². The van der Waals surface area contributed by atoms with Gasteiger partial charge in [0.25, 0.3) is 11.7 Å². The molecule has 1 saturated carbocycles. The lowest BCUT2D eigenvalue weighted by atomic mass is 9.94. The van der Waals surface area contributed by atoms with Crippen LogP contribution in [-0.4, -0.2) is 42.0 Å². The maximum Gasteiger partial charge on any atom is 0.295 e. The fourth-order valence-electron chi connectivity index (χ4n) is 4.57. The molecule has 1 amide bonds. The van der Waals surface area contributed by atoms with Gasteiger partial charge in [-0.25, -0.2) is 4.39 Å². The van der Waals surface area contributed by atoms with Gasteiger partial charge in [0, 0.05) is 12.1 Å². The van der Waals surface area contributed by atoms with E-state index in [4.69, 9.17) is 21.1 Å². The number of aliphatic hydroxyl groups is 1. The van der Waals surface area contributed by atoms with Crippen molar-refractivity contribution in [1.82, 2.24) is 4.90 Å². The number of methoxy groups -OCH3 is 2. The smallest absolute Gasteiger partial charge is 0.295 e. The Bertz CT molecular complexity index is 1090. The zero-order chi connectivity index (χ0) is 23.0. The number of hydrogen-bond acceptors (Lipinski definition) is 5. The van der Waals surface area contributed by atoms with Gasteiger partial charge in [-0.15, -0.1) is 0 Å². The second-order valence-electron chi connectivity index (χ2n) is 7.88. The number of ketones is 1. The van der Waals surface area contributed by atoms with Gasteiger partial charge >= 0.3 is 0 Å². The molecule has 1 aliphatic heterocycles. The third kappa shape index (κ3) is 3.71. The van der Waals surface area contributed by atoms with Gasteiger partial charge in [-0.05, 0) is 36.6 Å². The molecule has 168 valence electrons. The van der Waals surface area contributed by atoms with E-state index >= 15 is 0 Å². The van der Waals surface area contributed by atoms with Gasteiger partial charge in [-0.3, -0.25) is 9.59 Å². The molecule has 2 aromatic rings. The number of hydrogen-bond donors (Lipinski definition) is 1. The summed E-state index contributed by atoms with van der Waals surface area (Å²) in [7, 11) is 2.83. The van der Waals surface area contributed by atoms with Crippen LogP contribution in [0.15, 0.2) is 42.0 Å². The number of rotatable bonds is 5. The van der Waals surface area contributed by atoms with Gasteiger partial charge in [0.05, 0.1) is 36.4 Å². The first-order valence-corrected chi connectivity index (χ1v) is 10.7. The number of aliphatic hydroxyl groups excluding tert-OH is 1. The standard InChI is InChI=1S/C24H23ClFNO5/c1-31-18-12-17(25)19(32-2)11-16(18)22(28)20-21(13-7-9-14(26)10-8-13)27(24(30)23(20)29)15-5-3-4-6-15/h7-12,15,21,28H,3-6H2,1-2H3/b22-20+. The molecule has 2 aliphatic rings. The van der Waals surface area contributed by atoms with Crippen LogP contribution in [0.2, 0.25) is 5.02 Å². The summed E-state index contributed by atoms with van der Waals surface area (Å²) in [6, 6.07) is 7.56. The van der Waals surface area contributed by atoms with Crippen LogP contribution >= 0.6 is 11.6 Å². The molecule has 0 aromatic heterocycles. The molecule has 2 aromatic carbocycles. The Labute approximate surface area is 190 Å². The van der Waals surface area contributed by atoms with Crippen LogP contribution in [0.3, 0.4) is 0 Å². The van der Waals surface area contributed by atoms with E-state index in [-0.39, 0.29) is 33.7 Å². The van der Waals surface area contributed by atoms with Crippen molar-refractivity contribution >= 4 is 29.1 Å². The van der Waals surface area contributed by atoms with Gasteiger partial charge in [0.1, 0.15) is 23.1 Å². The third-order valence-electron chi connectivity index (χ3n) is 6.11. The Morgan fingerprint density at radius 2 is 1.69 bits per heavy atom.